The van der Waals surface area contributed by atoms with Gasteiger partial charge in [-0.1, -0.05) is 18.2 Å². The van der Waals surface area contributed by atoms with Crippen LogP contribution in [0.1, 0.15) is 24.4 Å². The van der Waals surface area contributed by atoms with Gasteiger partial charge in [0.25, 0.3) is 0 Å². The van der Waals surface area contributed by atoms with Gasteiger partial charge in [-0.05, 0) is 6.07 Å². The lowest BCUT2D eigenvalue weighted by Gasteiger charge is -2.31. The van der Waals surface area contributed by atoms with Crippen LogP contribution in [-0.4, -0.2) is 34.8 Å². The molecule has 0 spiro atoms. The highest BCUT2D eigenvalue weighted by atomic mass is 19.1. The van der Waals surface area contributed by atoms with Crippen LogP contribution in [-0.2, 0) is 9.59 Å². The Labute approximate surface area is 104 Å². The van der Waals surface area contributed by atoms with E-state index < -0.39 is 17.8 Å². The van der Waals surface area contributed by atoms with E-state index in [2.05, 4.69) is 0 Å². The largest absolute Gasteiger partial charge is 0.480 e. The number of carbonyl (C=O) groups excluding carboxylic acids is 1. The summed E-state index contributed by atoms with van der Waals surface area (Å²) in [6.45, 7) is 0.730. The molecule has 1 aromatic rings. The van der Waals surface area contributed by atoms with Crippen LogP contribution in [0.15, 0.2) is 24.3 Å². The third kappa shape index (κ3) is 2.56. The van der Waals surface area contributed by atoms with Crippen LogP contribution >= 0.6 is 0 Å². The first-order chi connectivity index (χ1) is 8.59. The van der Waals surface area contributed by atoms with Gasteiger partial charge < -0.3 is 5.11 Å². The van der Waals surface area contributed by atoms with Crippen LogP contribution in [0.4, 0.5) is 4.39 Å². The minimum absolute atomic E-state index is 0.129. The number of rotatable bonds is 3. The summed E-state index contributed by atoms with van der Waals surface area (Å²) in [6.07, 6.45) is 0.663. The van der Waals surface area contributed by atoms with E-state index in [9.17, 15) is 19.1 Å². The number of benzene rings is 1. The number of carboxylic acids is 1. The average Bonchev–Trinajstić information content (AvgIpc) is 2.34. The Morgan fingerprint density at radius 1 is 1.28 bits per heavy atom. The number of ketones is 1. The quantitative estimate of drug-likeness (QED) is 0.886. The fourth-order valence-electron chi connectivity index (χ4n) is 2.21. The Hall–Kier alpha value is -1.75. The van der Waals surface area contributed by atoms with E-state index in [0.717, 1.165) is 0 Å². The molecule has 2 rings (SSSR count). The molecule has 1 saturated heterocycles. The summed E-state index contributed by atoms with van der Waals surface area (Å²) in [5.41, 5.74) is 0.152. The maximum Gasteiger partial charge on any atom is 0.325 e. The molecule has 1 aliphatic rings. The molecule has 1 aromatic carbocycles. The minimum atomic E-state index is -1.09. The second-order valence-electron chi connectivity index (χ2n) is 4.34. The summed E-state index contributed by atoms with van der Waals surface area (Å²) in [5, 5.41) is 9.28. The molecule has 96 valence electrons. The zero-order valence-electron chi connectivity index (χ0n) is 9.80. The molecule has 1 N–H and O–H groups in total. The van der Waals surface area contributed by atoms with Crippen LogP contribution < -0.4 is 0 Å². The molecular formula is C13H14FNO3. The third-order valence-electron chi connectivity index (χ3n) is 3.15. The van der Waals surface area contributed by atoms with Crippen LogP contribution in [0.5, 0.6) is 0 Å². The van der Waals surface area contributed by atoms with Gasteiger partial charge in [0.2, 0.25) is 0 Å². The number of Topliss-reactive ketones (excluding diaryl/α,β-unsaturated/α-hetero) is 1. The number of aliphatic carboxylic acids is 1. The minimum Gasteiger partial charge on any atom is -0.480 e. The molecule has 1 fully saturated rings. The molecule has 0 bridgehead atoms. The standard InChI is InChI=1S/C13H14FNO3/c14-11-4-2-1-3-10(11)12(13(17)18)15-7-5-9(16)6-8-15/h1-4,12H,5-8H2,(H,17,18). The van der Waals surface area contributed by atoms with Crippen LogP contribution in [0.2, 0.25) is 0 Å². The monoisotopic (exact) mass is 251 g/mol. The van der Waals surface area contributed by atoms with Crippen molar-refractivity contribution in [3.05, 3.63) is 35.6 Å². The van der Waals surface area contributed by atoms with Gasteiger partial charge in [-0.15, -0.1) is 0 Å². The van der Waals surface area contributed by atoms with Crippen LogP contribution in [0.25, 0.3) is 0 Å². The Morgan fingerprint density at radius 3 is 2.44 bits per heavy atom. The van der Waals surface area contributed by atoms with Crippen molar-refractivity contribution in [2.45, 2.75) is 18.9 Å². The Balaban J connectivity index is 2.27. The zero-order valence-corrected chi connectivity index (χ0v) is 9.80. The van der Waals surface area contributed by atoms with Crippen LogP contribution in [0.3, 0.4) is 0 Å². The summed E-state index contributed by atoms with van der Waals surface area (Å²) in [6, 6.07) is 4.85. The molecule has 0 saturated carbocycles. The number of carboxylic acid groups (broad SMARTS) is 1. The Morgan fingerprint density at radius 2 is 1.89 bits per heavy atom. The van der Waals surface area contributed by atoms with E-state index >= 15 is 0 Å². The smallest absolute Gasteiger partial charge is 0.325 e. The lowest BCUT2D eigenvalue weighted by atomic mass is 10.0. The van der Waals surface area contributed by atoms with E-state index in [1.54, 1.807) is 11.0 Å². The van der Waals surface area contributed by atoms with E-state index in [0.29, 0.717) is 25.9 Å². The fourth-order valence-corrected chi connectivity index (χ4v) is 2.21. The molecule has 0 aliphatic carbocycles. The number of likely N-dealkylation sites (tertiary alicyclic amines) is 1. The number of halogens is 1. The highest BCUT2D eigenvalue weighted by Gasteiger charge is 2.31. The number of carbonyl (C=O) groups is 2. The predicted octanol–water partition coefficient (Wildman–Crippen LogP) is 1.62. The first-order valence-corrected chi connectivity index (χ1v) is 5.82. The Kier molecular flexibility index (Phi) is 3.72. The maximum absolute atomic E-state index is 13.7. The summed E-state index contributed by atoms with van der Waals surface area (Å²) in [4.78, 5) is 24.1. The normalized spacial score (nSPS) is 18.6. The number of hydrogen-bond donors (Lipinski definition) is 1. The molecule has 0 radical (unpaired) electrons. The molecule has 0 amide bonds. The second kappa shape index (κ2) is 5.27. The molecule has 1 heterocycles. The molecular weight excluding hydrogens is 237 g/mol. The average molecular weight is 251 g/mol. The van der Waals surface area contributed by atoms with Gasteiger partial charge in [0.05, 0.1) is 0 Å². The van der Waals surface area contributed by atoms with E-state index in [1.807, 2.05) is 0 Å². The molecule has 1 unspecified atom stereocenters. The van der Waals surface area contributed by atoms with Gasteiger partial charge in [-0.3, -0.25) is 14.5 Å². The van der Waals surface area contributed by atoms with E-state index in [-0.39, 0.29) is 11.3 Å². The van der Waals surface area contributed by atoms with Crippen molar-refractivity contribution < 1.29 is 19.1 Å². The summed E-state index contributed by atoms with van der Waals surface area (Å²) < 4.78 is 13.7. The number of hydrogen-bond acceptors (Lipinski definition) is 3. The zero-order chi connectivity index (χ0) is 13.1. The van der Waals surface area contributed by atoms with Gasteiger partial charge in [0.1, 0.15) is 17.6 Å². The molecule has 4 nitrogen and oxygen atoms in total. The highest BCUT2D eigenvalue weighted by molar-refractivity contribution is 5.80. The third-order valence-corrected chi connectivity index (χ3v) is 3.15. The van der Waals surface area contributed by atoms with Crippen LogP contribution in [0, 0.1) is 5.82 Å². The molecule has 5 heteroatoms. The lowest BCUT2D eigenvalue weighted by molar-refractivity contribution is -0.145. The van der Waals surface area contributed by atoms with Crippen molar-refractivity contribution in [1.29, 1.82) is 0 Å². The van der Waals surface area contributed by atoms with Crippen molar-refractivity contribution in [1.82, 2.24) is 4.90 Å². The van der Waals surface area contributed by atoms with Crippen molar-refractivity contribution in [3.8, 4) is 0 Å². The summed E-state index contributed by atoms with van der Waals surface area (Å²) in [7, 11) is 0. The Bertz CT molecular complexity index is 465. The second-order valence-corrected chi connectivity index (χ2v) is 4.34. The van der Waals surface area contributed by atoms with Crippen molar-refractivity contribution >= 4 is 11.8 Å². The summed E-state index contributed by atoms with van der Waals surface area (Å²) in [5.74, 6) is -1.49. The fraction of sp³-hybridized carbons (Fsp3) is 0.385. The first kappa shape index (κ1) is 12.7. The van der Waals surface area contributed by atoms with Gasteiger partial charge in [-0.25, -0.2) is 4.39 Å². The lowest BCUT2D eigenvalue weighted by Crippen LogP contribution is -2.40. The van der Waals surface area contributed by atoms with Crippen molar-refractivity contribution in [3.63, 3.8) is 0 Å². The van der Waals surface area contributed by atoms with Gasteiger partial charge in [0.15, 0.2) is 0 Å². The van der Waals surface area contributed by atoms with E-state index in [4.69, 9.17) is 0 Å². The number of nitrogens with zero attached hydrogens (tertiary/aromatic N) is 1. The van der Waals surface area contributed by atoms with E-state index in [1.165, 1.54) is 18.2 Å². The number of piperidine rings is 1. The summed E-state index contributed by atoms with van der Waals surface area (Å²) >= 11 is 0. The van der Waals surface area contributed by atoms with Gasteiger partial charge in [0, 0.05) is 31.5 Å². The van der Waals surface area contributed by atoms with Crippen molar-refractivity contribution in [2.75, 3.05) is 13.1 Å². The molecule has 1 aliphatic heterocycles. The van der Waals surface area contributed by atoms with Gasteiger partial charge >= 0.3 is 5.97 Å². The van der Waals surface area contributed by atoms with Gasteiger partial charge in [-0.2, -0.15) is 0 Å². The predicted molar refractivity (Wildman–Crippen MR) is 62.6 cm³/mol. The first-order valence-electron chi connectivity index (χ1n) is 5.82. The molecule has 18 heavy (non-hydrogen) atoms. The molecule has 0 aromatic heterocycles. The van der Waals surface area contributed by atoms with Crippen molar-refractivity contribution in [2.24, 2.45) is 0 Å². The highest BCUT2D eigenvalue weighted by Crippen LogP contribution is 2.26. The topological polar surface area (TPSA) is 57.6 Å². The molecule has 1 atom stereocenters. The maximum atomic E-state index is 13.7. The SMILES string of the molecule is O=C1CCN(C(C(=O)O)c2ccccc2F)CC1.